The van der Waals surface area contributed by atoms with E-state index in [0.717, 1.165) is 11.0 Å². The SMILES string of the molecule is O=C(O)[C@H]1CCCN1C(=O)c1cc(F)cc([N+](=O)[O-])c1Br. The molecule has 1 atom stereocenters. The standard InChI is InChI=1S/C12H10BrFN2O5/c13-10-7(4-6(14)5-9(10)16(20)21)11(17)15-3-1-2-8(15)12(18)19/h4-5,8H,1-3H2,(H,18,19)/t8-/m1/s1. The van der Waals surface area contributed by atoms with Gasteiger partial charge in [0.2, 0.25) is 0 Å². The zero-order valence-corrected chi connectivity index (χ0v) is 12.2. The Bertz CT molecular complexity index is 636. The second-order valence-corrected chi connectivity index (χ2v) is 5.33. The molecule has 1 saturated heterocycles. The molecular formula is C12H10BrFN2O5. The van der Waals surface area contributed by atoms with Crippen molar-refractivity contribution in [3.05, 3.63) is 38.1 Å². The van der Waals surface area contributed by atoms with E-state index in [1.807, 2.05) is 0 Å². The van der Waals surface area contributed by atoms with Crippen LogP contribution in [-0.4, -0.2) is 39.4 Å². The van der Waals surface area contributed by atoms with Crippen molar-refractivity contribution in [2.24, 2.45) is 0 Å². The molecule has 1 N–H and O–H groups in total. The molecule has 1 amide bonds. The Morgan fingerprint density at radius 3 is 2.71 bits per heavy atom. The van der Waals surface area contributed by atoms with E-state index in [1.54, 1.807) is 0 Å². The summed E-state index contributed by atoms with van der Waals surface area (Å²) in [4.78, 5) is 34.5. The van der Waals surface area contributed by atoms with Crippen LogP contribution in [0.25, 0.3) is 0 Å². The van der Waals surface area contributed by atoms with E-state index in [1.165, 1.54) is 0 Å². The third kappa shape index (κ3) is 2.87. The van der Waals surface area contributed by atoms with Crippen LogP contribution in [0.3, 0.4) is 0 Å². The maximum atomic E-state index is 13.5. The van der Waals surface area contributed by atoms with Crippen LogP contribution in [0.1, 0.15) is 23.2 Å². The number of likely N-dealkylation sites (tertiary alicyclic amines) is 1. The smallest absolute Gasteiger partial charge is 0.326 e. The van der Waals surface area contributed by atoms with Crippen LogP contribution in [0.4, 0.5) is 10.1 Å². The molecule has 1 fully saturated rings. The number of halogens is 2. The molecular weight excluding hydrogens is 351 g/mol. The number of hydrogen-bond acceptors (Lipinski definition) is 4. The van der Waals surface area contributed by atoms with Crippen molar-refractivity contribution < 1.29 is 24.0 Å². The number of carboxylic acid groups (broad SMARTS) is 1. The predicted molar refractivity (Wildman–Crippen MR) is 72.4 cm³/mol. The fourth-order valence-corrected chi connectivity index (χ4v) is 2.83. The third-order valence-electron chi connectivity index (χ3n) is 3.24. The molecule has 1 aliphatic rings. The number of benzene rings is 1. The van der Waals surface area contributed by atoms with Gasteiger partial charge in [-0.25, -0.2) is 9.18 Å². The van der Waals surface area contributed by atoms with Gasteiger partial charge in [0.15, 0.2) is 0 Å². The van der Waals surface area contributed by atoms with Crippen molar-refractivity contribution in [3.8, 4) is 0 Å². The van der Waals surface area contributed by atoms with Crippen molar-refractivity contribution >= 4 is 33.5 Å². The van der Waals surface area contributed by atoms with E-state index in [4.69, 9.17) is 5.11 Å². The zero-order chi connectivity index (χ0) is 15.7. The van der Waals surface area contributed by atoms with Gasteiger partial charge < -0.3 is 10.0 Å². The van der Waals surface area contributed by atoms with E-state index < -0.39 is 34.3 Å². The minimum atomic E-state index is -1.15. The summed E-state index contributed by atoms with van der Waals surface area (Å²) >= 11 is 2.92. The molecule has 0 aliphatic carbocycles. The first-order valence-corrected chi connectivity index (χ1v) is 6.79. The first-order chi connectivity index (χ1) is 9.82. The Morgan fingerprint density at radius 2 is 2.14 bits per heavy atom. The van der Waals surface area contributed by atoms with Crippen LogP contribution in [0, 0.1) is 15.9 Å². The summed E-state index contributed by atoms with van der Waals surface area (Å²) in [6.07, 6.45) is 0.813. The van der Waals surface area contributed by atoms with E-state index in [-0.39, 0.29) is 16.6 Å². The van der Waals surface area contributed by atoms with E-state index >= 15 is 0 Å². The molecule has 7 nitrogen and oxygen atoms in total. The number of carbonyl (C=O) groups excluding carboxylic acids is 1. The lowest BCUT2D eigenvalue weighted by Crippen LogP contribution is -2.40. The van der Waals surface area contributed by atoms with Gasteiger partial charge >= 0.3 is 5.97 Å². The number of nitro benzene ring substituents is 1. The van der Waals surface area contributed by atoms with Crippen molar-refractivity contribution in [1.29, 1.82) is 0 Å². The molecule has 1 aromatic rings. The highest BCUT2D eigenvalue weighted by molar-refractivity contribution is 9.10. The van der Waals surface area contributed by atoms with Gasteiger partial charge in [-0.05, 0) is 34.8 Å². The molecule has 1 heterocycles. The molecule has 1 aliphatic heterocycles. The molecule has 9 heteroatoms. The van der Waals surface area contributed by atoms with Crippen LogP contribution in [-0.2, 0) is 4.79 Å². The number of carboxylic acids is 1. The minimum absolute atomic E-state index is 0.157. The fourth-order valence-electron chi connectivity index (χ4n) is 2.28. The molecule has 0 saturated carbocycles. The summed E-state index contributed by atoms with van der Waals surface area (Å²) in [7, 11) is 0. The number of rotatable bonds is 3. The Kier molecular flexibility index (Phi) is 4.21. The van der Waals surface area contributed by atoms with E-state index in [0.29, 0.717) is 18.9 Å². The van der Waals surface area contributed by atoms with Gasteiger partial charge in [0.05, 0.1) is 16.6 Å². The van der Waals surface area contributed by atoms with Gasteiger partial charge in [0.25, 0.3) is 11.6 Å². The molecule has 21 heavy (non-hydrogen) atoms. The summed E-state index contributed by atoms with van der Waals surface area (Å²) < 4.78 is 13.3. The summed E-state index contributed by atoms with van der Waals surface area (Å²) in [6, 6.07) is 0.558. The summed E-state index contributed by atoms with van der Waals surface area (Å²) in [5.74, 6) is -2.82. The lowest BCUT2D eigenvalue weighted by molar-refractivity contribution is -0.385. The van der Waals surface area contributed by atoms with Gasteiger partial charge in [-0.3, -0.25) is 14.9 Å². The average Bonchev–Trinajstić information content (AvgIpc) is 2.89. The summed E-state index contributed by atoms with van der Waals surface area (Å²) in [5.41, 5.74) is -0.834. The van der Waals surface area contributed by atoms with Gasteiger partial charge in [-0.1, -0.05) is 0 Å². The maximum absolute atomic E-state index is 13.5. The molecule has 0 spiro atoms. The Hall–Kier alpha value is -2.03. The zero-order valence-electron chi connectivity index (χ0n) is 10.6. The van der Waals surface area contributed by atoms with Gasteiger partial charge in [0, 0.05) is 6.54 Å². The molecule has 0 bridgehead atoms. The number of hydrogen-bond donors (Lipinski definition) is 1. The Balaban J connectivity index is 2.44. The lowest BCUT2D eigenvalue weighted by Gasteiger charge is -2.21. The highest BCUT2D eigenvalue weighted by Gasteiger charge is 2.36. The van der Waals surface area contributed by atoms with E-state index in [2.05, 4.69) is 15.9 Å². The minimum Gasteiger partial charge on any atom is -0.480 e. The fraction of sp³-hybridized carbons (Fsp3) is 0.333. The highest BCUT2D eigenvalue weighted by atomic mass is 79.9. The monoisotopic (exact) mass is 360 g/mol. The largest absolute Gasteiger partial charge is 0.480 e. The van der Waals surface area contributed by atoms with Gasteiger partial charge in [0.1, 0.15) is 16.3 Å². The second kappa shape index (κ2) is 5.76. The molecule has 2 rings (SSSR count). The van der Waals surface area contributed by atoms with Crippen molar-refractivity contribution in [2.45, 2.75) is 18.9 Å². The number of aliphatic carboxylic acids is 1. The Morgan fingerprint density at radius 1 is 1.48 bits per heavy atom. The van der Waals surface area contributed by atoms with E-state index in [9.17, 15) is 24.1 Å². The maximum Gasteiger partial charge on any atom is 0.326 e. The van der Waals surface area contributed by atoms with Crippen molar-refractivity contribution in [1.82, 2.24) is 4.90 Å². The van der Waals surface area contributed by atoms with Crippen LogP contribution in [0.5, 0.6) is 0 Å². The van der Waals surface area contributed by atoms with Crippen molar-refractivity contribution in [2.75, 3.05) is 6.54 Å². The van der Waals surface area contributed by atoms with Gasteiger partial charge in [-0.2, -0.15) is 0 Å². The Labute approximate surface area is 126 Å². The number of nitrogens with zero attached hydrogens (tertiary/aromatic N) is 2. The van der Waals surface area contributed by atoms with Crippen LogP contribution < -0.4 is 0 Å². The lowest BCUT2D eigenvalue weighted by atomic mass is 10.1. The predicted octanol–water partition coefficient (Wildman–Crippen LogP) is 2.19. The van der Waals surface area contributed by atoms with Crippen LogP contribution >= 0.6 is 15.9 Å². The molecule has 112 valence electrons. The number of nitro groups is 1. The first-order valence-electron chi connectivity index (χ1n) is 6.00. The quantitative estimate of drug-likeness (QED) is 0.657. The normalized spacial score (nSPS) is 17.8. The molecule has 0 aromatic heterocycles. The number of amides is 1. The van der Waals surface area contributed by atoms with Crippen LogP contribution in [0.15, 0.2) is 16.6 Å². The molecule has 0 unspecified atom stereocenters. The second-order valence-electron chi connectivity index (χ2n) is 4.54. The first kappa shape index (κ1) is 15.4. The van der Waals surface area contributed by atoms with Crippen molar-refractivity contribution in [3.63, 3.8) is 0 Å². The topological polar surface area (TPSA) is 101 Å². The number of carbonyl (C=O) groups is 2. The van der Waals surface area contributed by atoms with Gasteiger partial charge in [-0.15, -0.1) is 0 Å². The molecule has 1 aromatic carbocycles. The highest BCUT2D eigenvalue weighted by Crippen LogP contribution is 2.32. The average molecular weight is 361 g/mol. The third-order valence-corrected chi connectivity index (χ3v) is 4.08. The summed E-state index contributed by atoms with van der Waals surface area (Å²) in [5, 5.41) is 19.9. The summed E-state index contributed by atoms with van der Waals surface area (Å²) in [6.45, 7) is 0.215. The molecule has 0 radical (unpaired) electrons. The van der Waals surface area contributed by atoms with Crippen LogP contribution in [0.2, 0.25) is 0 Å².